The Bertz CT molecular complexity index is 561. The lowest BCUT2D eigenvalue weighted by atomic mass is 10.1. The van der Waals surface area contributed by atoms with Crippen LogP contribution < -0.4 is 0 Å². The van der Waals surface area contributed by atoms with Gasteiger partial charge >= 0.3 is 0 Å². The fourth-order valence-electron chi connectivity index (χ4n) is 3.05. The van der Waals surface area contributed by atoms with Gasteiger partial charge in [0.05, 0.1) is 11.7 Å². The van der Waals surface area contributed by atoms with Gasteiger partial charge in [-0.25, -0.2) is 0 Å². The molecule has 1 aliphatic heterocycles. The molecule has 0 radical (unpaired) electrons. The lowest BCUT2D eigenvalue weighted by Crippen LogP contribution is -2.38. The van der Waals surface area contributed by atoms with Crippen LogP contribution in [0, 0.1) is 0 Å². The maximum Gasteiger partial charge on any atom is 0.0662 e. The van der Waals surface area contributed by atoms with E-state index in [2.05, 4.69) is 70.1 Å². The summed E-state index contributed by atoms with van der Waals surface area (Å²) in [5.41, 5.74) is 2.72. The Kier molecular flexibility index (Phi) is 4.36. The Morgan fingerprint density at radius 3 is 2.76 bits per heavy atom. The van der Waals surface area contributed by atoms with Crippen molar-refractivity contribution in [2.75, 3.05) is 27.2 Å². The molecule has 112 valence electrons. The van der Waals surface area contributed by atoms with Crippen molar-refractivity contribution >= 4 is 0 Å². The lowest BCUT2D eigenvalue weighted by molar-refractivity contribution is 0.155. The minimum Gasteiger partial charge on any atom is -0.309 e. The molecule has 0 fully saturated rings. The van der Waals surface area contributed by atoms with Crippen molar-refractivity contribution in [2.45, 2.75) is 25.6 Å². The molecule has 4 nitrogen and oxygen atoms in total. The summed E-state index contributed by atoms with van der Waals surface area (Å²) in [4.78, 5) is 4.78. The van der Waals surface area contributed by atoms with E-state index < -0.39 is 0 Å². The van der Waals surface area contributed by atoms with Crippen LogP contribution in [0.5, 0.6) is 0 Å². The molecule has 1 aliphatic rings. The second-order valence-corrected chi connectivity index (χ2v) is 6.17. The van der Waals surface area contributed by atoms with Gasteiger partial charge in [-0.3, -0.25) is 9.58 Å². The standard InChI is InChI=1S/C17H24N4/c1-19(2)11-9-17-14-20(12-15-6-4-3-5-7-15)13-16-8-10-18-21(16)17/h3-8,10,17H,9,11-14H2,1-2H3. The number of rotatable bonds is 5. The molecule has 2 aromatic rings. The van der Waals surface area contributed by atoms with E-state index >= 15 is 0 Å². The molecule has 0 saturated carbocycles. The molecule has 21 heavy (non-hydrogen) atoms. The minimum absolute atomic E-state index is 0.481. The van der Waals surface area contributed by atoms with Gasteiger partial charge in [-0.2, -0.15) is 5.10 Å². The smallest absolute Gasteiger partial charge is 0.0662 e. The fraction of sp³-hybridized carbons (Fsp3) is 0.471. The van der Waals surface area contributed by atoms with Gasteiger partial charge in [-0.05, 0) is 38.7 Å². The van der Waals surface area contributed by atoms with Gasteiger partial charge in [-0.1, -0.05) is 30.3 Å². The van der Waals surface area contributed by atoms with Crippen LogP contribution in [0.2, 0.25) is 0 Å². The third-order valence-corrected chi connectivity index (χ3v) is 4.11. The Labute approximate surface area is 127 Å². The molecule has 3 rings (SSSR count). The highest BCUT2D eigenvalue weighted by Gasteiger charge is 2.25. The molecule has 1 aromatic carbocycles. The summed E-state index contributed by atoms with van der Waals surface area (Å²) < 4.78 is 2.23. The first-order chi connectivity index (χ1) is 10.2. The fourth-order valence-corrected chi connectivity index (χ4v) is 3.05. The molecule has 0 spiro atoms. The maximum absolute atomic E-state index is 4.53. The number of aromatic nitrogens is 2. The van der Waals surface area contributed by atoms with Gasteiger partial charge in [0.2, 0.25) is 0 Å². The van der Waals surface area contributed by atoms with Crippen LogP contribution in [-0.4, -0.2) is 46.8 Å². The SMILES string of the molecule is CN(C)CCC1CN(Cc2ccccc2)Cc2ccnn21. The van der Waals surface area contributed by atoms with Crippen LogP contribution in [0.4, 0.5) is 0 Å². The predicted molar refractivity (Wildman–Crippen MR) is 85.0 cm³/mol. The zero-order chi connectivity index (χ0) is 14.7. The first-order valence-electron chi connectivity index (χ1n) is 7.66. The molecular weight excluding hydrogens is 260 g/mol. The Morgan fingerprint density at radius 2 is 2.00 bits per heavy atom. The average Bonchev–Trinajstić information content (AvgIpc) is 2.94. The van der Waals surface area contributed by atoms with E-state index in [0.29, 0.717) is 6.04 Å². The highest BCUT2D eigenvalue weighted by Crippen LogP contribution is 2.24. The molecule has 0 saturated heterocycles. The number of hydrogen-bond acceptors (Lipinski definition) is 3. The van der Waals surface area contributed by atoms with Crippen molar-refractivity contribution < 1.29 is 0 Å². The first kappa shape index (κ1) is 14.3. The number of hydrogen-bond donors (Lipinski definition) is 0. The molecular formula is C17H24N4. The van der Waals surface area contributed by atoms with Crippen molar-refractivity contribution in [3.8, 4) is 0 Å². The third kappa shape index (κ3) is 3.52. The average molecular weight is 284 g/mol. The third-order valence-electron chi connectivity index (χ3n) is 4.11. The summed E-state index contributed by atoms with van der Waals surface area (Å²) in [7, 11) is 4.27. The van der Waals surface area contributed by atoms with Gasteiger partial charge in [0.1, 0.15) is 0 Å². The zero-order valence-corrected chi connectivity index (χ0v) is 12.9. The topological polar surface area (TPSA) is 24.3 Å². The van der Waals surface area contributed by atoms with Gasteiger partial charge in [0.25, 0.3) is 0 Å². The summed E-state index contributed by atoms with van der Waals surface area (Å²) in [6, 6.07) is 13.4. The molecule has 0 amide bonds. The molecule has 4 heteroatoms. The van der Waals surface area contributed by atoms with Crippen molar-refractivity contribution in [1.29, 1.82) is 0 Å². The maximum atomic E-state index is 4.53. The van der Waals surface area contributed by atoms with Gasteiger partial charge in [-0.15, -0.1) is 0 Å². The monoisotopic (exact) mass is 284 g/mol. The molecule has 2 heterocycles. The summed E-state index contributed by atoms with van der Waals surface area (Å²) in [6.07, 6.45) is 3.08. The van der Waals surface area contributed by atoms with E-state index in [0.717, 1.165) is 32.6 Å². The second-order valence-electron chi connectivity index (χ2n) is 6.17. The van der Waals surface area contributed by atoms with Crippen molar-refractivity contribution in [1.82, 2.24) is 19.6 Å². The quantitative estimate of drug-likeness (QED) is 0.842. The summed E-state index contributed by atoms with van der Waals surface area (Å²) >= 11 is 0. The van der Waals surface area contributed by atoms with Crippen LogP contribution in [0.3, 0.4) is 0 Å². The number of fused-ring (bicyclic) bond motifs is 1. The number of nitrogens with zero attached hydrogens (tertiary/aromatic N) is 4. The Morgan fingerprint density at radius 1 is 1.19 bits per heavy atom. The van der Waals surface area contributed by atoms with E-state index in [1.807, 2.05) is 6.20 Å². The normalized spacial score (nSPS) is 18.9. The lowest BCUT2D eigenvalue weighted by Gasteiger charge is -2.34. The minimum atomic E-state index is 0.481. The molecule has 0 N–H and O–H groups in total. The van der Waals surface area contributed by atoms with E-state index in [4.69, 9.17) is 0 Å². The zero-order valence-electron chi connectivity index (χ0n) is 12.9. The molecule has 1 unspecified atom stereocenters. The second kappa shape index (κ2) is 6.41. The Balaban J connectivity index is 1.71. The Hall–Kier alpha value is -1.65. The van der Waals surface area contributed by atoms with Gasteiger partial charge in [0, 0.05) is 25.8 Å². The van der Waals surface area contributed by atoms with Crippen molar-refractivity contribution in [2.24, 2.45) is 0 Å². The largest absolute Gasteiger partial charge is 0.309 e. The predicted octanol–water partition coefficient (Wildman–Crippen LogP) is 2.39. The first-order valence-corrected chi connectivity index (χ1v) is 7.66. The highest BCUT2D eigenvalue weighted by molar-refractivity contribution is 5.15. The van der Waals surface area contributed by atoms with Crippen LogP contribution in [0.1, 0.15) is 23.7 Å². The summed E-state index contributed by atoms with van der Waals surface area (Å²) in [5, 5.41) is 4.53. The molecule has 1 aromatic heterocycles. The molecule has 1 atom stereocenters. The van der Waals surface area contributed by atoms with E-state index in [9.17, 15) is 0 Å². The van der Waals surface area contributed by atoms with Crippen LogP contribution in [0.25, 0.3) is 0 Å². The van der Waals surface area contributed by atoms with E-state index in [-0.39, 0.29) is 0 Å². The van der Waals surface area contributed by atoms with Crippen LogP contribution >= 0.6 is 0 Å². The van der Waals surface area contributed by atoms with Gasteiger partial charge in [0.15, 0.2) is 0 Å². The highest BCUT2D eigenvalue weighted by atomic mass is 15.4. The van der Waals surface area contributed by atoms with Crippen molar-refractivity contribution in [3.05, 3.63) is 53.9 Å². The van der Waals surface area contributed by atoms with Crippen LogP contribution in [-0.2, 0) is 13.1 Å². The molecule has 0 aliphatic carbocycles. The summed E-state index contributed by atoms with van der Waals surface area (Å²) in [5.74, 6) is 0. The van der Waals surface area contributed by atoms with E-state index in [1.54, 1.807) is 0 Å². The van der Waals surface area contributed by atoms with Crippen LogP contribution in [0.15, 0.2) is 42.6 Å². The van der Waals surface area contributed by atoms with Gasteiger partial charge < -0.3 is 4.90 Å². The van der Waals surface area contributed by atoms with Crippen molar-refractivity contribution in [3.63, 3.8) is 0 Å². The van der Waals surface area contributed by atoms with E-state index in [1.165, 1.54) is 11.3 Å². The molecule has 0 bridgehead atoms. The number of benzene rings is 1. The summed E-state index contributed by atoms with van der Waals surface area (Å²) in [6.45, 7) is 4.19.